The molecule has 29 heavy (non-hydrogen) atoms. The van der Waals surface area contributed by atoms with E-state index in [1.54, 1.807) is 38.3 Å². The van der Waals surface area contributed by atoms with Gasteiger partial charge in [0.25, 0.3) is 5.22 Å². The van der Waals surface area contributed by atoms with Gasteiger partial charge in [-0.1, -0.05) is 42.1 Å². The van der Waals surface area contributed by atoms with Crippen LogP contribution >= 0.6 is 11.8 Å². The lowest BCUT2D eigenvalue weighted by atomic mass is 10.2. The van der Waals surface area contributed by atoms with Crippen molar-refractivity contribution in [2.24, 2.45) is 0 Å². The van der Waals surface area contributed by atoms with E-state index in [2.05, 4.69) is 20.8 Å². The molecule has 3 rings (SSSR count). The van der Waals surface area contributed by atoms with E-state index in [0.29, 0.717) is 12.4 Å². The van der Waals surface area contributed by atoms with Crippen molar-refractivity contribution >= 4 is 23.7 Å². The first-order chi connectivity index (χ1) is 14.0. The number of amides is 3. The van der Waals surface area contributed by atoms with Gasteiger partial charge in [0.05, 0.1) is 12.4 Å². The lowest BCUT2D eigenvalue weighted by Gasteiger charge is -2.10. The second kappa shape index (κ2) is 9.74. The Labute approximate surface area is 172 Å². The van der Waals surface area contributed by atoms with Crippen molar-refractivity contribution < 1.29 is 18.7 Å². The van der Waals surface area contributed by atoms with Crippen molar-refractivity contribution in [1.82, 2.24) is 20.8 Å². The Morgan fingerprint density at radius 2 is 1.83 bits per heavy atom. The second-order valence-corrected chi connectivity index (χ2v) is 7.31. The molecule has 0 aliphatic rings. The largest absolute Gasteiger partial charge is 0.497 e. The zero-order valence-electron chi connectivity index (χ0n) is 15.9. The molecule has 0 bridgehead atoms. The number of nitrogens with one attached hydrogen (secondary N) is 2. The van der Waals surface area contributed by atoms with Crippen LogP contribution in [0.1, 0.15) is 12.5 Å². The number of benzene rings is 2. The van der Waals surface area contributed by atoms with Crippen LogP contribution in [0.2, 0.25) is 0 Å². The molecular formula is C20H20N4O4S. The van der Waals surface area contributed by atoms with Gasteiger partial charge in [-0.3, -0.25) is 10.1 Å². The molecule has 0 unspecified atom stereocenters. The summed E-state index contributed by atoms with van der Waals surface area (Å²) >= 11 is 1.07. The Morgan fingerprint density at radius 3 is 2.52 bits per heavy atom. The minimum Gasteiger partial charge on any atom is -0.497 e. The number of hydrogen-bond donors (Lipinski definition) is 2. The van der Waals surface area contributed by atoms with Crippen molar-refractivity contribution in [3.8, 4) is 17.2 Å². The number of imide groups is 1. The minimum absolute atomic E-state index is 0.239. The molecule has 1 heterocycles. The third-order valence-corrected chi connectivity index (χ3v) is 4.86. The Morgan fingerprint density at radius 1 is 1.10 bits per heavy atom. The topological polar surface area (TPSA) is 106 Å². The van der Waals surface area contributed by atoms with Crippen molar-refractivity contribution in [1.29, 1.82) is 0 Å². The molecular weight excluding hydrogens is 392 g/mol. The van der Waals surface area contributed by atoms with E-state index in [9.17, 15) is 9.59 Å². The van der Waals surface area contributed by atoms with Gasteiger partial charge in [0.15, 0.2) is 0 Å². The molecule has 0 spiro atoms. The maximum Gasteiger partial charge on any atom is 0.321 e. The lowest BCUT2D eigenvalue weighted by Crippen LogP contribution is -2.42. The molecule has 8 nitrogen and oxygen atoms in total. The van der Waals surface area contributed by atoms with Gasteiger partial charge in [-0.25, -0.2) is 4.79 Å². The quantitative estimate of drug-likeness (QED) is 0.574. The van der Waals surface area contributed by atoms with Crippen molar-refractivity contribution in [2.45, 2.75) is 23.9 Å². The van der Waals surface area contributed by atoms with Gasteiger partial charge in [0, 0.05) is 12.1 Å². The first-order valence-electron chi connectivity index (χ1n) is 8.82. The van der Waals surface area contributed by atoms with E-state index in [0.717, 1.165) is 28.6 Å². The Bertz CT molecular complexity index is 960. The molecule has 0 saturated carbocycles. The van der Waals surface area contributed by atoms with Gasteiger partial charge < -0.3 is 14.5 Å². The number of nitrogens with zero attached hydrogens (tertiary/aromatic N) is 2. The molecule has 1 aromatic heterocycles. The molecule has 3 amide bonds. The fraction of sp³-hybridized carbons (Fsp3) is 0.200. The van der Waals surface area contributed by atoms with Crippen LogP contribution in [0.3, 0.4) is 0 Å². The zero-order valence-corrected chi connectivity index (χ0v) is 16.7. The van der Waals surface area contributed by atoms with Crippen molar-refractivity contribution in [3.05, 3.63) is 60.2 Å². The van der Waals surface area contributed by atoms with Crippen LogP contribution in [0.25, 0.3) is 11.5 Å². The molecule has 0 saturated heterocycles. The van der Waals surface area contributed by atoms with Crippen LogP contribution < -0.4 is 15.4 Å². The number of ether oxygens (including phenoxy) is 1. The maximum absolute atomic E-state index is 12.2. The van der Waals surface area contributed by atoms with Crippen molar-refractivity contribution in [2.75, 3.05) is 7.11 Å². The highest BCUT2D eigenvalue weighted by Crippen LogP contribution is 2.27. The van der Waals surface area contributed by atoms with Gasteiger partial charge in [-0.15, -0.1) is 10.2 Å². The number of carbonyl (C=O) groups is 2. The molecule has 0 radical (unpaired) electrons. The summed E-state index contributed by atoms with van der Waals surface area (Å²) in [5.41, 5.74) is 1.68. The van der Waals surface area contributed by atoms with E-state index in [-0.39, 0.29) is 5.22 Å². The average Bonchev–Trinajstić information content (AvgIpc) is 3.21. The van der Waals surface area contributed by atoms with Crippen LogP contribution in [0, 0.1) is 0 Å². The maximum atomic E-state index is 12.2. The van der Waals surface area contributed by atoms with Crippen LogP contribution in [-0.4, -0.2) is 34.5 Å². The highest BCUT2D eigenvalue weighted by atomic mass is 32.2. The molecule has 2 aromatic carbocycles. The number of methoxy groups -OCH3 is 1. The van der Waals surface area contributed by atoms with Gasteiger partial charge in [0.1, 0.15) is 5.75 Å². The van der Waals surface area contributed by atoms with Gasteiger partial charge in [0.2, 0.25) is 11.8 Å². The summed E-state index contributed by atoms with van der Waals surface area (Å²) < 4.78 is 10.7. The summed E-state index contributed by atoms with van der Waals surface area (Å²) in [7, 11) is 1.59. The third-order valence-electron chi connectivity index (χ3n) is 3.92. The summed E-state index contributed by atoms with van der Waals surface area (Å²) in [6, 6.07) is 16.0. The zero-order chi connectivity index (χ0) is 20.6. The number of aromatic nitrogens is 2. The van der Waals surface area contributed by atoms with E-state index in [4.69, 9.17) is 9.15 Å². The fourth-order valence-corrected chi connectivity index (χ4v) is 3.03. The molecule has 0 aliphatic heterocycles. The van der Waals surface area contributed by atoms with E-state index in [1.165, 1.54) is 0 Å². The number of thioether (sulfide) groups is 1. The summed E-state index contributed by atoms with van der Waals surface area (Å²) in [5.74, 6) is 0.604. The van der Waals surface area contributed by atoms with Gasteiger partial charge >= 0.3 is 6.03 Å². The van der Waals surface area contributed by atoms with E-state index < -0.39 is 17.2 Å². The molecule has 150 valence electrons. The number of rotatable bonds is 7. The standard InChI is InChI=1S/C20H20N4O4S/c1-13(17(25)22-19(26)21-12-14-6-4-3-5-7-14)29-20-24-23-18(28-20)15-8-10-16(27-2)11-9-15/h3-11,13H,12H2,1-2H3,(H2,21,22,25,26)/t13-/m0/s1. The van der Waals surface area contributed by atoms with Gasteiger partial charge in [-0.2, -0.15) is 0 Å². The Balaban J connectivity index is 1.50. The van der Waals surface area contributed by atoms with Crippen molar-refractivity contribution in [3.63, 3.8) is 0 Å². The van der Waals surface area contributed by atoms with E-state index in [1.807, 2.05) is 30.3 Å². The SMILES string of the molecule is COc1ccc(-c2nnc(S[C@@H](C)C(=O)NC(=O)NCc3ccccc3)o2)cc1. The number of carbonyl (C=O) groups excluding carboxylic acids is 2. The normalized spacial score (nSPS) is 11.5. The van der Waals surface area contributed by atoms with Crippen LogP contribution in [-0.2, 0) is 11.3 Å². The summed E-state index contributed by atoms with van der Waals surface area (Å²) in [6.45, 7) is 1.98. The van der Waals surface area contributed by atoms with Crippen LogP contribution in [0.4, 0.5) is 4.79 Å². The number of hydrogen-bond acceptors (Lipinski definition) is 7. The minimum atomic E-state index is -0.596. The Hall–Kier alpha value is -3.33. The Kier molecular flexibility index (Phi) is 6.85. The molecule has 2 N–H and O–H groups in total. The molecule has 9 heteroatoms. The molecule has 3 aromatic rings. The highest BCUT2D eigenvalue weighted by molar-refractivity contribution is 8.00. The molecule has 1 atom stereocenters. The molecule has 0 aliphatic carbocycles. The summed E-state index contributed by atoms with van der Waals surface area (Å²) in [6.07, 6.45) is 0. The van der Waals surface area contributed by atoms with Crippen LogP contribution in [0.5, 0.6) is 5.75 Å². The third kappa shape index (κ3) is 5.82. The van der Waals surface area contributed by atoms with Gasteiger partial charge in [-0.05, 0) is 36.8 Å². The summed E-state index contributed by atoms with van der Waals surface area (Å²) in [5, 5.41) is 12.5. The first kappa shape index (κ1) is 20.4. The fourth-order valence-electron chi connectivity index (χ4n) is 2.35. The predicted octanol–water partition coefficient (Wildman–Crippen LogP) is 3.25. The monoisotopic (exact) mass is 412 g/mol. The second-order valence-electron chi connectivity index (χ2n) is 6.02. The average molecular weight is 412 g/mol. The lowest BCUT2D eigenvalue weighted by molar-refractivity contribution is -0.119. The smallest absolute Gasteiger partial charge is 0.321 e. The molecule has 0 fully saturated rings. The first-order valence-corrected chi connectivity index (χ1v) is 9.70. The highest BCUT2D eigenvalue weighted by Gasteiger charge is 2.20. The summed E-state index contributed by atoms with van der Waals surface area (Å²) in [4.78, 5) is 24.1. The number of urea groups is 1. The van der Waals surface area contributed by atoms with E-state index >= 15 is 0 Å². The van der Waals surface area contributed by atoms with Crippen LogP contribution in [0.15, 0.2) is 64.2 Å². The predicted molar refractivity (Wildman–Crippen MR) is 108 cm³/mol.